The first-order valence-electron chi connectivity index (χ1n) is 10.0. The summed E-state index contributed by atoms with van der Waals surface area (Å²) < 4.78 is 0. The summed E-state index contributed by atoms with van der Waals surface area (Å²) >= 11 is 0. The molecule has 0 radical (unpaired) electrons. The zero-order valence-electron chi connectivity index (χ0n) is 16.3. The van der Waals surface area contributed by atoms with Gasteiger partial charge in [0.15, 0.2) is 0 Å². The maximum Gasteiger partial charge on any atom is 0.0622 e. The Morgan fingerprint density at radius 1 is 0.636 bits per heavy atom. The molecule has 0 aliphatic rings. The molecule has 0 amide bonds. The first-order valence-corrected chi connectivity index (χ1v) is 12.6. The van der Waals surface area contributed by atoms with Crippen LogP contribution in [0.4, 0.5) is 0 Å². The fourth-order valence-electron chi connectivity index (χ4n) is 3.55. The maximum absolute atomic E-state index is 2.44. The largest absolute Gasteiger partial charge is 1.00 e. The van der Waals surface area contributed by atoms with Crippen molar-refractivity contribution < 1.29 is 12.4 Å². The lowest BCUT2D eigenvalue weighted by Gasteiger charge is -2.31. The standard InChI is InChI=1S/C20H44P.ClH/c1-6-11-15-20(10-5)19-21(16-12-7-2,17-13-8-3)18-14-9-4;/h20H,6-19H2,1-5H3;1H/q+1;/p-1. The molecule has 0 aliphatic carbocycles. The molecule has 2 heteroatoms. The van der Waals surface area contributed by atoms with Gasteiger partial charge in [-0.15, -0.1) is 0 Å². The van der Waals surface area contributed by atoms with Crippen LogP contribution in [0.15, 0.2) is 0 Å². The van der Waals surface area contributed by atoms with Crippen molar-refractivity contribution in [3.8, 4) is 0 Å². The molecule has 0 aromatic rings. The molecule has 0 nitrogen and oxygen atoms in total. The van der Waals surface area contributed by atoms with Crippen LogP contribution in [0.5, 0.6) is 0 Å². The lowest BCUT2D eigenvalue weighted by Crippen LogP contribution is -3.00. The van der Waals surface area contributed by atoms with Gasteiger partial charge in [-0.1, -0.05) is 66.7 Å². The maximum atomic E-state index is 2.44. The number of hydrogen-bond donors (Lipinski definition) is 0. The van der Waals surface area contributed by atoms with Gasteiger partial charge in [-0.2, -0.15) is 0 Å². The molecule has 136 valence electrons. The summed E-state index contributed by atoms with van der Waals surface area (Å²) in [5, 5.41) is 0. The van der Waals surface area contributed by atoms with Crippen molar-refractivity contribution in [1.29, 1.82) is 0 Å². The summed E-state index contributed by atoms with van der Waals surface area (Å²) in [7, 11) is -0.659. The lowest BCUT2D eigenvalue weighted by molar-refractivity contribution is -0.00000498. The average Bonchev–Trinajstić information content (AvgIpc) is 2.52. The monoisotopic (exact) mass is 350 g/mol. The molecule has 1 atom stereocenters. The van der Waals surface area contributed by atoms with Crippen molar-refractivity contribution in [2.75, 3.05) is 24.6 Å². The van der Waals surface area contributed by atoms with E-state index in [0.717, 1.165) is 5.92 Å². The average molecular weight is 351 g/mol. The van der Waals surface area contributed by atoms with Crippen LogP contribution in [0.3, 0.4) is 0 Å². The third-order valence-electron chi connectivity index (χ3n) is 5.15. The van der Waals surface area contributed by atoms with Gasteiger partial charge >= 0.3 is 0 Å². The van der Waals surface area contributed by atoms with Crippen molar-refractivity contribution in [2.45, 2.75) is 98.8 Å². The minimum Gasteiger partial charge on any atom is -1.00 e. The Hall–Kier alpha value is 0.720. The van der Waals surface area contributed by atoms with Crippen molar-refractivity contribution in [2.24, 2.45) is 5.92 Å². The van der Waals surface area contributed by atoms with Crippen LogP contribution in [0.2, 0.25) is 0 Å². The molecule has 0 N–H and O–H groups in total. The fraction of sp³-hybridized carbons (Fsp3) is 1.00. The van der Waals surface area contributed by atoms with Gasteiger partial charge in [0.25, 0.3) is 0 Å². The Morgan fingerprint density at radius 3 is 1.36 bits per heavy atom. The molecule has 0 saturated carbocycles. The van der Waals surface area contributed by atoms with Crippen LogP contribution in [0.1, 0.15) is 98.8 Å². The zero-order chi connectivity index (χ0) is 16.0. The van der Waals surface area contributed by atoms with E-state index in [0.29, 0.717) is 0 Å². The summed E-state index contributed by atoms with van der Waals surface area (Å²) in [6, 6.07) is 0. The van der Waals surface area contributed by atoms with E-state index in [1.54, 1.807) is 24.6 Å². The molecular weight excluding hydrogens is 307 g/mol. The highest BCUT2D eigenvalue weighted by atomic mass is 35.5. The number of hydrogen-bond acceptors (Lipinski definition) is 0. The molecule has 22 heavy (non-hydrogen) atoms. The molecule has 0 rings (SSSR count). The molecule has 0 bridgehead atoms. The smallest absolute Gasteiger partial charge is 0.0622 e. The van der Waals surface area contributed by atoms with Gasteiger partial charge in [0.05, 0.1) is 24.6 Å². The minimum atomic E-state index is -0.659. The van der Waals surface area contributed by atoms with Gasteiger partial charge in [0.1, 0.15) is 0 Å². The van der Waals surface area contributed by atoms with E-state index in [1.165, 1.54) is 64.2 Å². The third kappa shape index (κ3) is 11.3. The van der Waals surface area contributed by atoms with Crippen LogP contribution in [-0.4, -0.2) is 24.6 Å². The Kier molecular flexibility index (Phi) is 18.8. The van der Waals surface area contributed by atoms with Gasteiger partial charge < -0.3 is 12.4 Å². The normalized spacial score (nSPS) is 13.0. The van der Waals surface area contributed by atoms with Crippen molar-refractivity contribution in [3.63, 3.8) is 0 Å². The van der Waals surface area contributed by atoms with Crippen molar-refractivity contribution >= 4 is 7.26 Å². The third-order valence-corrected chi connectivity index (χ3v) is 10.2. The van der Waals surface area contributed by atoms with E-state index in [1.807, 2.05) is 0 Å². The van der Waals surface area contributed by atoms with Crippen LogP contribution in [-0.2, 0) is 0 Å². The highest BCUT2D eigenvalue weighted by Crippen LogP contribution is 2.62. The quantitative estimate of drug-likeness (QED) is 0.378. The zero-order valence-corrected chi connectivity index (χ0v) is 18.0. The predicted molar refractivity (Wildman–Crippen MR) is 104 cm³/mol. The van der Waals surface area contributed by atoms with E-state index in [9.17, 15) is 0 Å². The molecular formula is C20H44ClP. The highest BCUT2D eigenvalue weighted by molar-refractivity contribution is 7.75. The molecule has 0 aromatic heterocycles. The molecule has 0 fully saturated rings. The van der Waals surface area contributed by atoms with E-state index >= 15 is 0 Å². The van der Waals surface area contributed by atoms with E-state index in [2.05, 4.69) is 34.6 Å². The van der Waals surface area contributed by atoms with Gasteiger partial charge in [-0.25, -0.2) is 0 Å². The van der Waals surface area contributed by atoms with Crippen molar-refractivity contribution in [3.05, 3.63) is 0 Å². The fourth-order valence-corrected chi connectivity index (χ4v) is 9.27. The second kappa shape index (κ2) is 16.6. The Morgan fingerprint density at radius 2 is 1.05 bits per heavy atom. The van der Waals surface area contributed by atoms with E-state index < -0.39 is 7.26 Å². The molecule has 0 spiro atoms. The SMILES string of the molecule is CCCCC(CC)C[P+](CCCC)(CCCC)CCCC.[Cl-]. The topological polar surface area (TPSA) is 0 Å². The molecule has 0 heterocycles. The summed E-state index contributed by atoms with van der Waals surface area (Å²) in [5.74, 6) is 1.03. The van der Waals surface area contributed by atoms with E-state index in [4.69, 9.17) is 0 Å². The summed E-state index contributed by atoms with van der Waals surface area (Å²) in [4.78, 5) is 0. The number of unbranched alkanes of at least 4 members (excludes halogenated alkanes) is 4. The van der Waals surface area contributed by atoms with Gasteiger partial charge in [0, 0.05) is 7.26 Å². The number of halogens is 1. The second-order valence-electron chi connectivity index (χ2n) is 7.17. The first-order chi connectivity index (χ1) is 10.2. The van der Waals surface area contributed by atoms with Crippen molar-refractivity contribution in [1.82, 2.24) is 0 Å². The van der Waals surface area contributed by atoms with Crippen LogP contribution in [0, 0.1) is 5.92 Å². The molecule has 0 saturated heterocycles. The Balaban J connectivity index is 0. The molecule has 0 aromatic carbocycles. The Bertz CT molecular complexity index is 196. The van der Waals surface area contributed by atoms with E-state index in [-0.39, 0.29) is 12.4 Å². The van der Waals surface area contributed by atoms with Crippen LogP contribution < -0.4 is 12.4 Å². The van der Waals surface area contributed by atoms with Crippen LogP contribution >= 0.6 is 7.26 Å². The predicted octanol–water partition coefficient (Wildman–Crippen LogP) is 4.62. The molecule has 0 aliphatic heterocycles. The first kappa shape index (κ1) is 25.0. The lowest BCUT2D eigenvalue weighted by atomic mass is 10.0. The van der Waals surface area contributed by atoms with Gasteiger partial charge in [-0.05, 0) is 38.0 Å². The minimum absolute atomic E-state index is 0. The van der Waals surface area contributed by atoms with Gasteiger partial charge in [-0.3, -0.25) is 0 Å². The number of rotatable bonds is 15. The summed E-state index contributed by atoms with van der Waals surface area (Å²) in [5.41, 5.74) is 0. The second-order valence-corrected chi connectivity index (χ2v) is 11.6. The summed E-state index contributed by atoms with van der Waals surface area (Å²) in [6.07, 6.45) is 20.8. The Labute approximate surface area is 149 Å². The molecule has 1 unspecified atom stereocenters. The van der Waals surface area contributed by atoms with Gasteiger partial charge in [0.2, 0.25) is 0 Å². The summed E-state index contributed by atoms with van der Waals surface area (Å²) in [6.45, 7) is 11.9. The highest BCUT2D eigenvalue weighted by Gasteiger charge is 2.37. The van der Waals surface area contributed by atoms with Crippen LogP contribution in [0.25, 0.3) is 0 Å².